The van der Waals surface area contributed by atoms with Crippen molar-refractivity contribution in [3.05, 3.63) is 65.5 Å². The van der Waals surface area contributed by atoms with Crippen LogP contribution in [0.2, 0.25) is 0 Å². The van der Waals surface area contributed by atoms with Crippen LogP contribution in [0.15, 0.2) is 48.5 Å². The normalized spacial score (nSPS) is 15.4. The highest BCUT2D eigenvalue weighted by Gasteiger charge is 2.33. The van der Waals surface area contributed by atoms with Crippen molar-refractivity contribution in [3.63, 3.8) is 0 Å². The van der Waals surface area contributed by atoms with Crippen LogP contribution in [0.4, 0.5) is 10.7 Å². The molecule has 2 aliphatic rings. The van der Waals surface area contributed by atoms with Crippen LogP contribution in [0.25, 0.3) is 11.1 Å². The third-order valence-corrected chi connectivity index (χ3v) is 6.78. The Bertz CT molecular complexity index is 1220. The lowest BCUT2D eigenvalue weighted by Gasteiger charge is -2.31. The van der Waals surface area contributed by atoms with Crippen molar-refractivity contribution in [2.75, 3.05) is 18.5 Å². The number of carboxylic acid groups (broad SMARTS) is 1. The average molecular weight is 476 g/mol. The number of nitrogens with zero attached hydrogens (tertiary/aromatic N) is 2. The molecule has 0 saturated heterocycles. The van der Waals surface area contributed by atoms with Crippen LogP contribution in [0.3, 0.4) is 0 Å². The van der Waals surface area contributed by atoms with Crippen LogP contribution in [0.5, 0.6) is 0 Å². The maximum atomic E-state index is 12.4. The van der Waals surface area contributed by atoms with Crippen LogP contribution in [0.1, 0.15) is 46.9 Å². The minimum absolute atomic E-state index is 0.00860. The lowest BCUT2D eigenvalue weighted by atomic mass is 9.76. The molecule has 2 amide bonds. The van der Waals surface area contributed by atoms with E-state index in [0.29, 0.717) is 0 Å². The van der Waals surface area contributed by atoms with E-state index in [9.17, 15) is 19.5 Å². The van der Waals surface area contributed by atoms with E-state index < -0.39 is 23.9 Å². The van der Waals surface area contributed by atoms with Gasteiger partial charge in [-0.25, -0.2) is 4.79 Å². The van der Waals surface area contributed by atoms with Crippen LogP contribution in [-0.4, -0.2) is 51.4 Å². The highest BCUT2D eigenvalue weighted by atomic mass is 16.5. The molecule has 1 heterocycles. The smallest absolute Gasteiger partial charge is 0.414 e. The molecule has 2 aliphatic carbocycles. The molecule has 3 aromatic rings. The predicted molar refractivity (Wildman–Crippen MR) is 126 cm³/mol. The molecule has 2 aromatic carbocycles. The molecule has 5 rings (SSSR count). The second-order valence-electron chi connectivity index (χ2n) is 8.80. The van der Waals surface area contributed by atoms with E-state index >= 15 is 0 Å². The fourth-order valence-electron chi connectivity index (χ4n) is 4.73. The number of hydrogen-bond donors (Lipinski definition) is 4. The highest BCUT2D eigenvalue weighted by molar-refractivity contribution is 5.91. The molecule has 1 fully saturated rings. The summed E-state index contributed by atoms with van der Waals surface area (Å²) in [5, 5.41) is 20.7. The fourth-order valence-corrected chi connectivity index (χ4v) is 4.73. The fraction of sp³-hybridized carbons (Fsp3) is 0.320. The number of carbonyl (C=O) groups is 3. The molecule has 10 heteroatoms. The molecule has 0 aliphatic heterocycles. The molecule has 0 spiro atoms. The van der Waals surface area contributed by atoms with Gasteiger partial charge in [-0.15, -0.1) is 5.10 Å². The Balaban J connectivity index is 1.16. The SMILES string of the molecule is O=C(Nc1n[nH]c(C(=O)NCC(C(=O)O)C2CCC2)n1)OCC1c2ccccc2-c2ccccc21. The number of aromatic amines is 1. The van der Waals surface area contributed by atoms with Gasteiger partial charge in [0.1, 0.15) is 6.61 Å². The lowest BCUT2D eigenvalue weighted by Crippen LogP contribution is -2.39. The number of anilines is 1. The lowest BCUT2D eigenvalue weighted by molar-refractivity contribution is -0.144. The molecule has 10 nitrogen and oxygen atoms in total. The molecule has 4 N–H and O–H groups in total. The Labute approximate surface area is 201 Å². The first kappa shape index (κ1) is 22.6. The summed E-state index contributed by atoms with van der Waals surface area (Å²) in [6.45, 7) is 0.143. The zero-order valence-corrected chi connectivity index (χ0v) is 18.9. The summed E-state index contributed by atoms with van der Waals surface area (Å²) in [5.74, 6) is -2.39. The second-order valence-corrected chi connectivity index (χ2v) is 8.80. The van der Waals surface area contributed by atoms with E-state index in [1.165, 1.54) is 0 Å². The molecular weight excluding hydrogens is 450 g/mol. The molecule has 1 atom stereocenters. The Hall–Kier alpha value is -4.21. The predicted octanol–water partition coefficient (Wildman–Crippen LogP) is 3.40. The number of ether oxygens (including phenoxy) is 1. The van der Waals surface area contributed by atoms with Gasteiger partial charge in [0.05, 0.1) is 5.92 Å². The summed E-state index contributed by atoms with van der Waals surface area (Å²) in [7, 11) is 0. The number of aliphatic carboxylic acids is 1. The van der Waals surface area contributed by atoms with E-state index in [0.717, 1.165) is 41.5 Å². The number of fused-ring (bicyclic) bond motifs is 3. The van der Waals surface area contributed by atoms with Gasteiger partial charge in [0, 0.05) is 12.5 Å². The van der Waals surface area contributed by atoms with Crippen molar-refractivity contribution in [1.29, 1.82) is 0 Å². The van der Waals surface area contributed by atoms with Crippen molar-refractivity contribution in [2.45, 2.75) is 25.2 Å². The number of benzene rings is 2. The number of aromatic nitrogens is 3. The Morgan fingerprint density at radius 1 is 1.06 bits per heavy atom. The van der Waals surface area contributed by atoms with Gasteiger partial charge < -0.3 is 15.2 Å². The topological polar surface area (TPSA) is 146 Å². The standard InChI is InChI=1S/C25H25N5O5/c31-22(26-12-19(23(32)33)14-6-5-7-14)21-27-24(30-29-21)28-25(34)35-13-20-17-10-3-1-8-15(17)16-9-2-4-11-18(16)20/h1-4,8-11,14,19-20H,5-7,12-13H2,(H,26,31)(H,32,33)(H2,27,28,29,30,34). The monoisotopic (exact) mass is 475 g/mol. The van der Waals surface area contributed by atoms with Crippen molar-refractivity contribution in [2.24, 2.45) is 11.8 Å². The van der Waals surface area contributed by atoms with Crippen molar-refractivity contribution in [3.8, 4) is 11.1 Å². The first-order valence-corrected chi connectivity index (χ1v) is 11.6. The third-order valence-electron chi connectivity index (χ3n) is 6.78. The number of amides is 2. The molecule has 0 bridgehead atoms. The van der Waals surface area contributed by atoms with Gasteiger partial charge in [0.25, 0.3) is 11.9 Å². The maximum Gasteiger partial charge on any atom is 0.414 e. The number of rotatable bonds is 8. The molecule has 1 saturated carbocycles. The zero-order valence-electron chi connectivity index (χ0n) is 18.9. The number of H-pyrrole nitrogens is 1. The van der Waals surface area contributed by atoms with Crippen LogP contribution in [0, 0.1) is 11.8 Å². The van der Waals surface area contributed by atoms with E-state index in [4.69, 9.17) is 4.74 Å². The van der Waals surface area contributed by atoms with Crippen molar-refractivity contribution < 1.29 is 24.2 Å². The molecule has 180 valence electrons. The first-order chi connectivity index (χ1) is 17.0. The second kappa shape index (κ2) is 9.57. The van der Waals surface area contributed by atoms with Gasteiger partial charge in [0.15, 0.2) is 0 Å². The van der Waals surface area contributed by atoms with Crippen LogP contribution < -0.4 is 10.6 Å². The largest absolute Gasteiger partial charge is 0.481 e. The number of hydrogen-bond acceptors (Lipinski definition) is 6. The van der Waals surface area contributed by atoms with Crippen molar-refractivity contribution >= 4 is 23.9 Å². The third kappa shape index (κ3) is 4.59. The van der Waals surface area contributed by atoms with Gasteiger partial charge >= 0.3 is 12.1 Å². The maximum absolute atomic E-state index is 12.4. The van der Waals surface area contributed by atoms with Gasteiger partial charge in [-0.1, -0.05) is 55.0 Å². The first-order valence-electron chi connectivity index (χ1n) is 11.6. The quantitative estimate of drug-likeness (QED) is 0.390. The summed E-state index contributed by atoms with van der Waals surface area (Å²) in [6, 6.07) is 16.1. The highest BCUT2D eigenvalue weighted by Crippen LogP contribution is 2.44. The summed E-state index contributed by atoms with van der Waals surface area (Å²) in [4.78, 5) is 40.2. The molecule has 1 unspecified atom stereocenters. The summed E-state index contributed by atoms with van der Waals surface area (Å²) < 4.78 is 5.45. The van der Waals surface area contributed by atoms with Gasteiger partial charge in [-0.2, -0.15) is 4.98 Å². The summed E-state index contributed by atoms with van der Waals surface area (Å²) in [5.41, 5.74) is 4.45. The molecule has 0 radical (unpaired) electrons. The number of carboxylic acids is 1. The number of carbonyl (C=O) groups excluding carboxylic acids is 2. The Kier molecular flexibility index (Phi) is 6.17. The zero-order chi connectivity index (χ0) is 24.4. The van der Waals surface area contributed by atoms with E-state index in [1.807, 2.05) is 36.4 Å². The van der Waals surface area contributed by atoms with E-state index in [-0.39, 0.29) is 36.8 Å². The van der Waals surface area contributed by atoms with E-state index in [1.54, 1.807) is 0 Å². The molecule has 1 aromatic heterocycles. The van der Waals surface area contributed by atoms with Gasteiger partial charge in [0.2, 0.25) is 5.82 Å². The van der Waals surface area contributed by atoms with Gasteiger partial charge in [-0.3, -0.25) is 20.0 Å². The van der Waals surface area contributed by atoms with Gasteiger partial charge in [-0.05, 0) is 41.0 Å². The molecular formula is C25H25N5O5. The minimum Gasteiger partial charge on any atom is -0.481 e. The minimum atomic E-state index is -0.926. The van der Waals surface area contributed by atoms with Crippen molar-refractivity contribution in [1.82, 2.24) is 20.5 Å². The van der Waals surface area contributed by atoms with Crippen LogP contribution >= 0.6 is 0 Å². The van der Waals surface area contributed by atoms with Crippen LogP contribution in [-0.2, 0) is 9.53 Å². The summed E-state index contributed by atoms with van der Waals surface area (Å²) in [6.07, 6.45) is 1.97. The molecule has 35 heavy (non-hydrogen) atoms. The van der Waals surface area contributed by atoms with E-state index in [2.05, 4.69) is 37.9 Å². The average Bonchev–Trinajstić information content (AvgIpc) is 3.41. The summed E-state index contributed by atoms with van der Waals surface area (Å²) >= 11 is 0. The Morgan fingerprint density at radius 3 is 2.31 bits per heavy atom. The Morgan fingerprint density at radius 2 is 1.71 bits per heavy atom. The number of nitrogens with one attached hydrogen (secondary N) is 3.